The van der Waals surface area contributed by atoms with E-state index >= 15 is 0 Å². The number of amides is 1. The molecule has 94 valence electrons. The highest BCUT2D eigenvalue weighted by Crippen LogP contribution is 2.20. The minimum atomic E-state index is -0.122. The van der Waals surface area contributed by atoms with Gasteiger partial charge in [-0.1, -0.05) is 33.6 Å². The second-order valence-corrected chi connectivity index (χ2v) is 5.47. The van der Waals surface area contributed by atoms with Crippen LogP contribution in [0.3, 0.4) is 0 Å². The molecule has 0 radical (unpaired) electrons. The number of ether oxygens (including phenoxy) is 1. The van der Waals surface area contributed by atoms with Crippen LogP contribution in [0.2, 0.25) is 0 Å². The molecule has 1 rings (SSSR count). The van der Waals surface area contributed by atoms with Crippen LogP contribution in [0.15, 0.2) is 0 Å². The third-order valence-corrected chi connectivity index (χ3v) is 3.41. The zero-order chi connectivity index (χ0) is 12.0. The van der Waals surface area contributed by atoms with Gasteiger partial charge >= 0.3 is 6.09 Å². The number of carbonyl (C=O) groups is 1. The van der Waals surface area contributed by atoms with Gasteiger partial charge in [-0.3, -0.25) is 0 Å². The molecule has 0 N–H and O–H groups in total. The summed E-state index contributed by atoms with van der Waals surface area (Å²) in [7, 11) is 0. The normalized spacial score (nSPS) is 18.1. The van der Waals surface area contributed by atoms with Crippen LogP contribution in [-0.4, -0.2) is 30.7 Å². The summed E-state index contributed by atoms with van der Waals surface area (Å²) in [4.78, 5) is 13.7. The van der Waals surface area contributed by atoms with Crippen molar-refractivity contribution in [2.45, 2.75) is 52.9 Å². The minimum Gasteiger partial charge on any atom is -0.449 e. The Balaban J connectivity index is 2.33. The molecule has 0 atom stereocenters. The van der Waals surface area contributed by atoms with Crippen molar-refractivity contribution in [1.29, 1.82) is 0 Å². The molecule has 0 spiro atoms. The molecule has 0 saturated carbocycles. The van der Waals surface area contributed by atoms with E-state index in [1.165, 1.54) is 12.8 Å². The van der Waals surface area contributed by atoms with Crippen LogP contribution >= 0.6 is 0 Å². The van der Waals surface area contributed by atoms with Crippen molar-refractivity contribution in [1.82, 2.24) is 4.90 Å². The number of likely N-dealkylation sites (tertiary alicyclic amines) is 1. The summed E-state index contributed by atoms with van der Waals surface area (Å²) in [6.45, 7) is 8.64. The van der Waals surface area contributed by atoms with Crippen LogP contribution in [0.1, 0.15) is 52.9 Å². The lowest BCUT2D eigenvalue weighted by Crippen LogP contribution is -2.34. The zero-order valence-corrected chi connectivity index (χ0v) is 10.9. The van der Waals surface area contributed by atoms with Gasteiger partial charge in [0.2, 0.25) is 0 Å². The standard InChI is InChI=1S/C13H25NO2/c1-4-13(2,3)11-16-12(15)14-9-7-5-6-8-10-14/h4-11H2,1-3H3. The number of nitrogens with zero attached hydrogens (tertiary/aromatic N) is 1. The lowest BCUT2D eigenvalue weighted by molar-refractivity contribution is 0.0665. The van der Waals surface area contributed by atoms with Crippen molar-refractivity contribution in [2.75, 3.05) is 19.7 Å². The predicted octanol–water partition coefficient (Wildman–Crippen LogP) is 3.44. The van der Waals surface area contributed by atoms with Crippen molar-refractivity contribution in [3.8, 4) is 0 Å². The van der Waals surface area contributed by atoms with E-state index in [-0.39, 0.29) is 11.5 Å². The van der Waals surface area contributed by atoms with E-state index in [1.54, 1.807) is 0 Å². The first-order valence-electron chi connectivity index (χ1n) is 6.47. The van der Waals surface area contributed by atoms with E-state index in [0.29, 0.717) is 6.61 Å². The molecule has 16 heavy (non-hydrogen) atoms. The van der Waals surface area contributed by atoms with E-state index in [9.17, 15) is 4.79 Å². The van der Waals surface area contributed by atoms with Crippen LogP contribution in [0.4, 0.5) is 4.79 Å². The Morgan fingerprint density at radius 3 is 2.25 bits per heavy atom. The molecule has 0 unspecified atom stereocenters. The molecule has 0 aromatic heterocycles. The summed E-state index contributed by atoms with van der Waals surface area (Å²) in [5, 5.41) is 0. The van der Waals surface area contributed by atoms with E-state index in [2.05, 4.69) is 20.8 Å². The van der Waals surface area contributed by atoms with Gasteiger partial charge in [-0.25, -0.2) is 4.79 Å². The van der Waals surface area contributed by atoms with Crippen molar-refractivity contribution in [2.24, 2.45) is 5.41 Å². The van der Waals surface area contributed by atoms with E-state index in [0.717, 1.165) is 32.4 Å². The van der Waals surface area contributed by atoms with Crippen molar-refractivity contribution in [3.05, 3.63) is 0 Å². The molecule has 0 aromatic rings. The number of hydrogen-bond donors (Lipinski definition) is 0. The largest absolute Gasteiger partial charge is 0.449 e. The first-order chi connectivity index (χ1) is 7.55. The highest BCUT2D eigenvalue weighted by atomic mass is 16.6. The van der Waals surface area contributed by atoms with Crippen LogP contribution in [0.25, 0.3) is 0 Å². The Morgan fingerprint density at radius 2 is 1.75 bits per heavy atom. The molecule has 1 amide bonds. The lowest BCUT2D eigenvalue weighted by Gasteiger charge is -2.25. The second kappa shape index (κ2) is 6.12. The van der Waals surface area contributed by atoms with E-state index in [1.807, 2.05) is 4.90 Å². The fourth-order valence-corrected chi connectivity index (χ4v) is 1.70. The Morgan fingerprint density at radius 1 is 1.19 bits per heavy atom. The maximum Gasteiger partial charge on any atom is 0.409 e. The Hall–Kier alpha value is -0.730. The maximum absolute atomic E-state index is 11.8. The topological polar surface area (TPSA) is 29.5 Å². The van der Waals surface area contributed by atoms with Crippen molar-refractivity contribution in [3.63, 3.8) is 0 Å². The van der Waals surface area contributed by atoms with E-state index in [4.69, 9.17) is 4.74 Å². The minimum absolute atomic E-state index is 0.0987. The quantitative estimate of drug-likeness (QED) is 0.739. The third kappa shape index (κ3) is 4.42. The molecule has 3 heteroatoms. The first-order valence-corrected chi connectivity index (χ1v) is 6.47. The van der Waals surface area contributed by atoms with Crippen molar-refractivity contribution < 1.29 is 9.53 Å². The van der Waals surface area contributed by atoms with Gasteiger partial charge in [0.05, 0.1) is 6.61 Å². The molecule has 0 bridgehead atoms. The number of carbonyl (C=O) groups excluding carboxylic acids is 1. The highest BCUT2D eigenvalue weighted by molar-refractivity contribution is 5.67. The summed E-state index contributed by atoms with van der Waals surface area (Å²) in [5.74, 6) is 0. The van der Waals surface area contributed by atoms with Gasteiger partial charge in [0.15, 0.2) is 0 Å². The molecule has 0 aromatic carbocycles. The summed E-state index contributed by atoms with van der Waals surface area (Å²) in [6, 6.07) is 0. The first kappa shape index (κ1) is 13.3. The molecule has 1 saturated heterocycles. The summed E-state index contributed by atoms with van der Waals surface area (Å²) in [5.41, 5.74) is 0.0987. The summed E-state index contributed by atoms with van der Waals surface area (Å²) < 4.78 is 5.38. The zero-order valence-electron chi connectivity index (χ0n) is 10.9. The van der Waals surface area contributed by atoms with Gasteiger partial charge < -0.3 is 9.64 Å². The monoisotopic (exact) mass is 227 g/mol. The van der Waals surface area contributed by atoms with Gasteiger partial charge in [-0.2, -0.15) is 0 Å². The summed E-state index contributed by atoms with van der Waals surface area (Å²) in [6.07, 6.45) is 5.62. The third-order valence-electron chi connectivity index (χ3n) is 3.41. The molecule has 0 aliphatic carbocycles. The molecule has 1 heterocycles. The number of hydrogen-bond acceptors (Lipinski definition) is 2. The molecule has 1 aliphatic heterocycles. The van der Waals surface area contributed by atoms with Gasteiger partial charge in [0.1, 0.15) is 0 Å². The average Bonchev–Trinajstić information content (AvgIpc) is 2.54. The Kier molecular flexibility index (Phi) is 5.10. The van der Waals surface area contributed by atoms with Gasteiger partial charge in [-0.05, 0) is 24.7 Å². The molecular weight excluding hydrogens is 202 g/mol. The second-order valence-electron chi connectivity index (χ2n) is 5.47. The van der Waals surface area contributed by atoms with Crippen LogP contribution in [-0.2, 0) is 4.74 Å². The molecule has 1 aliphatic rings. The summed E-state index contributed by atoms with van der Waals surface area (Å²) >= 11 is 0. The van der Waals surface area contributed by atoms with Gasteiger partial charge in [0.25, 0.3) is 0 Å². The van der Waals surface area contributed by atoms with Crippen molar-refractivity contribution >= 4 is 6.09 Å². The molecule has 3 nitrogen and oxygen atoms in total. The SMILES string of the molecule is CCC(C)(C)COC(=O)N1CCCCCC1. The van der Waals surface area contributed by atoms with Crippen LogP contribution < -0.4 is 0 Å². The molecular formula is C13H25NO2. The van der Waals surface area contributed by atoms with E-state index < -0.39 is 0 Å². The molecule has 1 fully saturated rings. The lowest BCUT2D eigenvalue weighted by atomic mass is 9.92. The fourth-order valence-electron chi connectivity index (χ4n) is 1.70. The smallest absolute Gasteiger partial charge is 0.409 e. The highest BCUT2D eigenvalue weighted by Gasteiger charge is 2.21. The van der Waals surface area contributed by atoms with Crippen LogP contribution in [0, 0.1) is 5.41 Å². The average molecular weight is 227 g/mol. The maximum atomic E-state index is 11.8. The fraction of sp³-hybridized carbons (Fsp3) is 0.923. The number of rotatable bonds is 3. The Bertz CT molecular complexity index is 218. The van der Waals surface area contributed by atoms with Gasteiger partial charge in [-0.15, -0.1) is 0 Å². The van der Waals surface area contributed by atoms with Crippen LogP contribution in [0.5, 0.6) is 0 Å². The van der Waals surface area contributed by atoms with Gasteiger partial charge in [0, 0.05) is 13.1 Å². The predicted molar refractivity (Wildman–Crippen MR) is 65.5 cm³/mol. The Labute approximate surface area is 99.1 Å².